The molecule has 1 rings (SSSR count). The molecule has 22 heavy (non-hydrogen) atoms. The van der Waals surface area contributed by atoms with Crippen LogP contribution in [0.1, 0.15) is 22.3 Å². The summed E-state index contributed by atoms with van der Waals surface area (Å²) in [6.07, 6.45) is 0. The van der Waals surface area contributed by atoms with Gasteiger partial charge in [0.15, 0.2) is 5.75 Å². The van der Waals surface area contributed by atoms with Crippen LogP contribution in [0, 0.1) is 20.8 Å². The maximum Gasteiger partial charge on any atom is 0.489 e. The Labute approximate surface area is 132 Å². The van der Waals surface area contributed by atoms with Gasteiger partial charge in [0.25, 0.3) is 0 Å². The zero-order valence-corrected chi connectivity index (χ0v) is 14.2. The van der Waals surface area contributed by atoms with Crippen molar-refractivity contribution in [2.75, 3.05) is 0 Å². The molecule has 7 nitrogen and oxygen atoms in total. The lowest BCUT2D eigenvalue weighted by Crippen LogP contribution is -2.36. The highest BCUT2D eigenvalue weighted by Gasteiger charge is 2.28. The Balaban J connectivity index is 3.78. The summed E-state index contributed by atoms with van der Waals surface area (Å²) < 4.78 is 61.0. The molecule has 0 aliphatic carbocycles. The number of hydrogen-bond acceptors (Lipinski definition) is 7. The second kappa shape index (κ2) is 6.32. The smallest absolute Gasteiger partial charge is 0.423 e. The minimum atomic E-state index is -5.38. The highest BCUT2D eigenvalue weighted by molar-refractivity contribution is 8.13. The van der Waals surface area contributed by atoms with Crippen LogP contribution in [0.5, 0.6) is 5.75 Å². The lowest BCUT2D eigenvalue weighted by molar-refractivity contribution is 0.422. The van der Waals surface area contributed by atoms with Crippen LogP contribution < -0.4 is 9.65 Å². The van der Waals surface area contributed by atoms with Gasteiger partial charge in [-0.05, 0) is 48.5 Å². The summed E-state index contributed by atoms with van der Waals surface area (Å²) in [5.74, 6) is -1.22. The van der Waals surface area contributed by atoms with Gasteiger partial charge in [-0.3, -0.25) is 0 Å². The van der Waals surface area contributed by atoms with Gasteiger partial charge < -0.3 is 14.2 Å². The maximum absolute atomic E-state index is 12.8. The van der Waals surface area contributed by atoms with E-state index in [0.717, 1.165) is 0 Å². The Bertz CT molecular complexity index is 744. The van der Waals surface area contributed by atoms with E-state index in [1.165, 1.54) is 20.8 Å². The molecule has 0 atom stereocenters. The first kappa shape index (κ1) is 19.2. The van der Waals surface area contributed by atoms with E-state index in [1.807, 2.05) is 0 Å². The topological polar surface area (TPSA) is 118 Å². The Morgan fingerprint density at radius 3 is 1.95 bits per heavy atom. The standard InChI is InChI=1S/C10H13BClFO7S2/c1-5-8(4-21(12,16)17)6(2)10(20-22(13,18)19)7(3)9(5)11(14)15/h14-15H,4H2,1-3H3. The van der Waals surface area contributed by atoms with Crippen molar-refractivity contribution in [2.45, 2.75) is 26.5 Å². The first-order chi connectivity index (χ1) is 9.74. The summed E-state index contributed by atoms with van der Waals surface area (Å²) in [6.45, 7) is 4.00. The van der Waals surface area contributed by atoms with Crippen LogP contribution in [0.4, 0.5) is 3.89 Å². The van der Waals surface area contributed by atoms with Crippen molar-refractivity contribution in [3.05, 3.63) is 22.3 Å². The number of rotatable bonds is 5. The molecule has 2 N–H and O–H groups in total. The van der Waals surface area contributed by atoms with Crippen LogP contribution in [0.25, 0.3) is 0 Å². The van der Waals surface area contributed by atoms with Gasteiger partial charge in [-0.2, -0.15) is 8.42 Å². The van der Waals surface area contributed by atoms with E-state index < -0.39 is 38.2 Å². The molecule has 0 fully saturated rings. The molecule has 0 spiro atoms. The van der Waals surface area contributed by atoms with Gasteiger partial charge in [0.05, 0.1) is 5.75 Å². The zero-order valence-electron chi connectivity index (χ0n) is 11.8. The number of hydrogen-bond donors (Lipinski definition) is 2. The molecule has 0 heterocycles. The summed E-state index contributed by atoms with van der Waals surface area (Å²) in [6, 6.07) is 0. The van der Waals surface area contributed by atoms with E-state index in [4.69, 9.17) is 10.7 Å². The molecule has 0 unspecified atom stereocenters. The minimum Gasteiger partial charge on any atom is -0.423 e. The van der Waals surface area contributed by atoms with Crippen LogP contribution in [-0.2, 0) is 25.3 Å². The van der Waals surface area contributed by atoms with E-state index >= 15 is 0 Å². The molecular weight excluding hydrogens is 362 g/mol. The van der Waals surface area contributed by atoms with Gasteiger partial charge in [-0.15, -0.1) is 0 Å². The van der Waals surface area contributed by atoms with Crippen LogP contribution in [0.15, 0.2) is 0 Å². The predicted octanol–water partition coefficient (Wildman–Crippen LogP) is -0.0466. The van der Waals surface area contributed by atoms with Gasteiger partial charge in [0.2, 0.25) is 9.05 Å². The second-order valence-corrected chi connectivity index (χ2v) is 8.36. The average Bonchev–Trinajstić information content (AvgIpc) is 2.27. The number of halogens is 2. The summed E-state index contributed by atoms with van der Waals surface area (Å²) >= 11 is 0. The van der Waals surface area contributed by atoms with E-state index in [9.17, 15) is 30.8 Å². The molecule has 1 aromatic rings. The van der Waals surface area contributed by atoms with Crippen LogP contribution in [-0.4, -0.2) is 34.0 Å². The Kier molecular flexibility index (Phi) is 5.51. The summed E-state index contributed by atoms with van der Waals surface area (Å²) in [7, 11) is -6.27. The fraction of sp³-hybridized carbons (Fsp3) is 0.400. The Morgan fingerprint density at radius 2 is 1.59 bits per heavy atom. The molecule has 0 radical (unpaired) electrons. The van der Waals surface area contributed by atoms with E-state index in [0.29, 0.717) is 0 Å². The van der Waals surface area contributed by atoms with Crippen molar-refractivity contribution in [1.29, 1.82) is 0 Å². The lowest BCUT2D eigenvalue weighted by atomic mass is 9.72. The second-order valence-electron chi connectivity index (χ2n) is 4.63. The van der Waals surface area contributed by atoms with Crippen LogP contribution >= 0.6 is 10.7 Å². The van der Waals surface area contributed by atoms with E-state index in [1.54, 1.807) is 0 Å². The molecule has 124 valence electrons. The monoisotopic (exact) mass is 374 g/mol. The zero-order chi connectivity index (χ0) is 17.5. The van der Waals surface area contributed by atoms with Crippen molar-refractivity contribution in [1.82, 2.24) is 0 Å². The van der Waals surface area contributed by atoms with Crippen LogP contribution in [0.2, 0.25) is 0 Å². The van der Waals surface area contributed by atoms with Crippen molar-refractivity contribution < 1.29 is 35.0 Å². The third-order valence-corrected chi connectivity index (χ3v) is 4.48. The quantitative estimate of drug-likeness (QED) is 0.548. The molecule has 0 bridgehead atoms. The highest BCUT2D eigenvalue weighted by atomic mass is 35.7. The summed E-state index contributed by atoms with van der Waals surface area (Å²) in [5, 5.41) is 18.8. The lowest BCUT2D eigenvalue weighted by Gasteiger charge is -2.20. The maximum atomic E-state index is 12.8. The van der Waals surface area contributed by atoms with Crippen LogP contribution in [0.3, 0.4) is 0 Å². The fourth-order valence-corrected chi connectivity index (χ4v) is 3.82. The first-order valence-corrected chi connectivity index (χ1v) is 9.58. The van der Waals surface area contributed by atoms with Gasteiger partial charge in [-0.1, -0.05) is 3.89 Å². The average molecular weight is 375 g/mol. The summed E-state index contributed by atoms with van der Waals surface area (Å²) in [5.41, 5.74) is -0.0217. The molecule has 0 saturated heterocycles. The summed E-state index contributed by atoms with van der Waals surface area (Å²) in [4.78, 5) is 0. The Hall–Kier alpha value is -0.875. The van der Waals surface area contributed by atoms with Crippen molar-refractivity contribution in [3.63, 3.8) is 0 Å². The fourth-order valence-electron chi connectivity index (χ4n) is 2.27. The Morgan fingerprint density at radius 1 is 1.09 bits per heavy atom. The number of benzene rings is 1. The molecule has 12 heteroatoms. The molecule has 1 aromatic carbocycles. The van der Waals surface area contributed by atoms with E-state index in [2.05, 4.69) is 4.18 Å². The largest absolute Gasteiger partial charge is 0.489 e. The predicted molar refractivity (Wildman–Crippen MR) is 79.6 cm³/mol. The molecule has 0 aliphatic rings. The van der Waals surface area contributed by atoms with E-state index in [-0.39, 0.29) is 27.7 Å². The van der Waals surface area contributed by atoms with Crippen molar-refractivity contribution >= 4 is 42.8 Å². The van der Waals surface area contributed by atoms with Gasteiger partial charge in [0, 0.05) is 10.7 Å². The minimum absolute atomic E-state index is 0.00218. The molecule has 0 aromatic heterocycles. The third-order valence-electron chi connectivity index (χ3n) is 3.15. The first-order valence-electron chi connectivity index (χ1n) is 5.79. The van der Waals surface area contributed by atoms with Gasteiger partial charge >= 0.3 is 17.6 Å². The van der Waals surface area contributed by atoms with Gasteiger partial charge in [0.1, 0.15) is 0 Å². The third kappa shape index (κ3) is 4.56. The molecular formula is C10H13BClFO7S2. The normalized spacial score (nSPS) is 12.3. The van der Waals surface area contributed by atoms with Crippen molar-refractivity contribution in [2.24, 2.45) is 0 Å². The highest BCUT2D eigenvalue weighted by Crippen LogP contribution is 2.31. The van der Waals surface area contributed by atoms with Crippen molar-refractivity contribution in [3.8, 4) is 5.75 Å². The molecule has 0 amide bonds. The van der Waals surface area contributed by atoms with Gasteiger partial charge in [-0.25, -0.2) is 8.42 Å². The molecule has 0 aliphatic heterocycles. The molecule has 0 saturated carbocycles. The SMILES string of the molecule is Cc1c(CS(=O)(=O)Cl)c(C)c(B(O)O)c(C)c1OS(=O)(=O)F.